The highest BCUT2D eigenvalue weighted by Gasteiger charge is 2.29. The Morgan fingerprint density at radius 3 is 2.52 bits per heavy atom. The average molecular weight is 307 g/mol. The third-order valence-corrected chi connectivity index (χ3v) is 3.50. The maximum atomic E-state index is 11.7. The molecule has 6 nitrogen and oxygen atoms in total. The van der Waals surface area contributed by atoms with Crippen LogP contribution in [0.15, 0.2) is 29.5 Å². The number of primary amides is 1. The molecule has 0 aromatic heterocycles. The van der Waals surface area contributed by atoms with E-state index in [0.717, 1.165) is 5.56 Å². The van der Waals surface area contributed by atoms with E-state index in [2.05, 4.69) is 10.6 Å². The Morgan fingerprint density at radius 1 is 1.29 bits per heavy atom. The minimum absolute atomic E-state index is 0.420. The number of nitrogens with one attached hydrogen (secondary N) is 2. The Kier molecular flexibility index (Phi) is 4.32. The van der Waals surface area contributed by atoms with E-state index >= 15 is 0 Å². The van der Waals surface area contributed by atoms with E-state index in [9.17, 15) is 4.79 Å². The van der Waals surface area contributed by atoms with Gasteiger partial charge in [0.2, 0.25) is 5.91 Å². The molecular weight excluding hydrogens is 290 g/mol. The van der Waals surface area contributed by atoms with Crippen molar-refractivity contribution in [2.45, 2.75) is 13.0 Å². The van der Waals surface area contributed by atoms with Crippen LogP contribution >= 0.6 is 12.2 Å². The van der Waals surface area contributed by atoms with E-state index in [0.29, 0.717) is 27.9 Å². The van der Waals surface area contributed by atoms with E-state index in [1.807, 2.05) is 6.07 Å². The number of carbonyl (C=O) groups excluding carboxylic acids is 1. The highest BCUT2D eigenvalue weighted by atomic mass is 32.1. The van der Waals surface area contributed by atoms with Crippen LogP contribution in [0.1, 0.15) is 18.5 Å². The van der Waals surface area contributed by atoms with Crippen LogP contribution in [0.25, 0.3) is 0 Å². The topological polar surface area (TPSA) is 85.6 Å². The lowest BCUT2D eigenvalue weighted by Gasteiger charge is -2.29. The number of hydrogen-bond donors (Lipinski definition) is 3. The van der Waals surface area contributed by atoms with Crippen LogP contribution in [0.4, 0.5) is 0 Å². The number of nitrogens with two attached hydrogens (primary N) is 1. The molecule has 0 saturated heterocycles. The predicted molar refractivity (Wildman–Crippen MR) is 83.1 cm³/mol. The maximum Gasteiger partial charge on any atom is 0.248 e. The Labute approximate surface area is 128 Å². The lowest BCUT2D eigenvalue weighted by molar-refractivity contribution is -0.115. The summed E-state index contributed by atoms with van der Waals surface area (Å²) in [5, 5.41) is 6.40. The van der Waals surface area contributed by atoms with Gasteiger partial charge in [-0.15, -0.1) is 0 Å². The number of rotatable bonds is 4. The third kappa shape index (κ3) is 2.92. The van der Waals surface area contributed by atoms with Crippen molar-refractivity contribution in [3.05, 3.63) is 35.0 Å². The Bertz CT molecular complexity index is 628. The van der Waals surface area contributed by atoms with Crippen molar-refractivity contribution in [2.75, 3.05) is 14.2 Å². The summed E-state index contributed by atoms with van der Waals surface area (Å²) in [7, 11) is 3.12. The van der Waals surface area contributed by atoms with Gasteiger partial charge in [-0.2, -0.15) is 0 Å². The maximum absolute atomic E-state index is 11.7. The molecule has 0 unspecified atom stereocenters. The second kappa shape index (κ2) is 6.01. The van der Waals surface area contributed by atoms with Crippen LogP contribution < -0.4 is 25.8 Å². The fourth-order valence-electron chi connectivity index (χ4n) is 2.30. The molecular formula is C14H17N3O3S. The fourth-order valence-corrected chi connectivity index (χ4v) is 2.57. The largest absolute Gasteiger partial charge is 0.493 e. The molecule has 1 heterocycles. The number of amides is 1. The molecule has 1 aliphatic rings. The van der Waals surface area contributed by atoms with Crippen LogP contribution in [-0.4, -0.2) is 25.2 Å². The van der Waals surface area contributed by atoms with Crippen molar-refractivity contribution in [2.24, 2.45) is 5.73 Å². The Morgan fingerprint density at radius 2 is 1.95 bits per heavy atom. The lowest BCUT2D eigenvalue weighted by atomic mass is 9.95. The molecule has 0 bridgehead atoms. The monoisotopic (exact) mass is 307 g/mol. The molecule has 21 heavy (non-hydrogen) atoms. The van der Waals surface area contributed by atoms with Gasteiger partial charge in [-0.25, -0.2) is 0 Å². The number of carbonyl (C=O) groups is 1. The summed E-state index contributed by atoms with van der Waals surface area (Å²) < 4.78 is 10.5. The van der Waals surface area contributed by atoms with Crippen molar-refractivity contribution < 1.29 is 14.3 Å². The van der Waals surface area contributed by atoms with Crippen molar-refractivity contribution in [1.29, 1.82) is 0 Å². The van der Waals surface area contributed by atoms with Gasteiger partial charge >= 0.3 is 0 Å². The molecule has 0 radical (unpaired) electrons. The van der Waals surface area contributed by atoms with Crippen LogP contribution in [0, 0.1) is 0 Å². The van der Waals surface area contributed by atoms with E-state index in [1.54, 1.807) is 33.3 Å². The minimum atomic E-state index is -0.505. The molecule has 1 aromatic carbocycles. The van der Waals surface area contributed by atoms with Gasteiger partial charge in [-0.1, -0.05) is 6.07 Å². The van der Waals surface area contributed by atoms with E-state index in [4.69, 9.17) is 27.4 Å². The van der Waals surface area contributed by atoms with Gasteiger partial charge in [0.05, 0.1) is 25.8 Å². The molecule has 0 aliphatic carbocycles. The van der Waals surface area contributed by atoms with Gasteiger partial charge in [0.15, 0.2) is 16.6 Å². The van der Waals surface area contributed by atoms with Gasteiger partial charge in [-0.05, 0) is 36.8 Å². The highest BCUT2D eigenvalue weighted by molar-refractivity contribution is 7.80. The molecule has 1 amide bonds. The summed E-state index contributed by atoms with van der Waals surface area (Å²) >= 11 is 5.14. The smallest absolute Gasteiger partial charge is 0.248 e. The van der Waals surface area contributed by atoms with Crippen LogP contribution in [0.5, 0.6) is 11.5 Å². The summed E-state index contributed by atoms with van der Waals surface area (Å²) in [6, 6.07) is 4.98. The van der Waals surface area contributed by atoms with E-state index in [-0.39, 0.29) is 0 Å². The van der Waals surface area contributed by atoms with Crippen LogP contribution in [-0.2, 0) is 4.79 Å². The lowest BCUT2D eigenvalue weighted by Crippen LogP contribution is -2.46. The molecule has 0 saturated carbocycles. The first-order valence-electron chi connectivity index (χ1n) is 6.28. The standard InChI is InChI=1S/C14H17N3O3S/c1-7-11(13(15)18)12(17-14(21)16-7)8-4-5-9(19-2)10(6-8)20-3/h4-6,12H,1-3H3,(H2,15,18)(H2,16,17,21)/t12-/m1/s1. The average Bonchev–Trinajstić information content (AvgIpc) is 2.45. The summed E-state index contributed by atoms with van der Waals surface area (Å²) in [6.45, 7) is 1.76. The molecule has 112 valence electrons. The van der Waals surface area contributed by atoms with Crippen molar-refractivity contribution in [3.8, 4) is 11.5 Å². The fraction of sp³-hybridized carbons (Fsp3) is 0.286. The van der Waals surface area contributed by atoms with Crippen molar-refractivity contribution in [1.82, 2.24) is 10.6 Å². The normalized spacial score (nSPS) is 17.9. The number of thiocarbonyl (C=S) groups is 1. The van der Waals surface area contributed by atoms with Crippen molar-refractivity contribution in [3.63, 3.8) is 0 Å². The van der Waals surface area contributed by atoms with Gasteiger partial charge in [0.25, 0.3) is 0 Å². The summed E-state index contributed by atoms with van der Waals surface area (Å²) in [5.74, 6) is 0.677. The second-order valence-electron chi connectivity index (χ2n) is 4.55. The predicted octanol–water partition coefficient (Wildman–Crippen LogP) is 0.982. The quantitative estimate of drug-likeness (QED) is 0.719. The molecule has 1 aromatic rings. The van der Waals surface area contributed by atoms with Gasteiger partial charge in [-0.3, -0.25) is 4.79 Å². The first-order valence-corrected chi connectivity index (χ1v) is 6.68. The molecule has 1 atom stereocenters. The summed E-state index contributed by atoms with van der Waals surface area (Å²) in [4.78, 5) is 11.7. The number of methoxy groups -OCH3 is 2. The molecule has 0 spiro atoms. The zero-order valence-electron chi connectivity index (χ0n) is 12.0. The second-order valence-corrected chi connectivity index (χ2v) is 4.96. The molecule has 2 rings (SSSR count). The molecule has 7 heteroatoms. The third-order valence-electron chi connectivity index (χ3n) is 3.28. The zero-order chi connectivity index (χ0) is 15.6. The van der Waals surface area contributed by atoms with Gasteiger partial charge in [0, 0.05) is 5.70 Å². The Hall–Kier alpha value is -2.28. The first-order chi connectivity index (χ1) is 9.97. The minimum Gasteiger partial charge on any atom is -0.493 e. The van der Waals surface area contributed by atoms with E-state index in [1.165, 1.54) is 0 Å². The van der Waals surface area contributed by atoms with Gasteiger partial charge < -0.3 is 25.8 Å². The number of benzene rings is 1. The van der Waals surface area contributed by atoms with Crippen LogP contribution in [0.2, 0.25) is 0 Å². The SMILES string of the molecule is COc1ccc([C@H]2NC(=S)NC(C)=C2C(N)=O)cc1OC. The van der Waals surface area contributed by atoms with Gasteiger partial charge in [0.1, 0.15) is 0 Å². The zero-order valence-corrected chi connectivity index (χ0v) is 12.8. The Balaban J connectivity index is 2.50. The van der Waals surface area contributed by atoms with Crippen LogP contribution in [0.3, 0.4) is 0 Å². The summed E-state index contributed by atoms with van der Waals surface area (Å²) in [5.41, 5.74) is 7.38. The molecule has 0 fully saturated rings. The number of hydrogen-bond acceptors (Lipinski definition) is 4. The molecule has 4 N–H and O–H groups in total. The highest BCUT2D eigenvalue weighted by Crippen LogP contribution is 2.33. The number of ether oxygens (including phenoxy) is 2. The summed E-state index contributed by atoms with van der Waals surface area (Å²) in [6.07, 6.45) is 0. The first kappa shape index (κ1) is 15.1. The molecule has 1 aliphatic heterocycles. The van der Waals surface area contributed by atoms with E-state index < -0.39 is 11.9 Å². The number of allylic oxidation sites excluding steroid dienone is 1. The van der Waals surface area contributed by atoms with Crippen molar-refractivity contribution >= 4 is 23.2 Å².